The second kappa shape index (κ2) is 8.44. The fourth-order valence-electron chi connectivity index (χ4n) is 2.18. The zero-order valence-corrected chi connectivity index (χ0v) is 13.9. The molecular weight excluding hydrogens is 334 g/mol. The fraction of sp³-hybridized carbons (Fsp3) is 0.375. The number of hydrogen-bond donors (Lipinski definition) is 2. The molecule has 128 valence electrons. The van der Waals surface area contributed by atoms with Crippen LogP contribution in [-0.4, -0.2) is 27.1 Å². The Bertz CT molecular complexity index is 700. The summed E-state index contributed by atoms with van der Waals surface area (Å²) in [5.74, 6) is -0.312. The summed E-state index contributed by atoms with van der Waals surface area (Å²) >= 11 is 5.90. The first-order valence-corrected chi connectivity index (χ1v) is 7.90. The molecule has 0 aliphatic heterocycles. The molecule has 2 aromatic rings. The van der Waals surface area contributed by atoms with Gasteiger partial charge in [-0.05, 0) is 30.5 Å². The first-order chi connectivity index (χ1) is 11.5. The van der Waals surface area contributed by atoms with Gasteiger partial charge in [-0.25, -0.2) is 0 Å². The third-order valence-corrected chi connectivity index (χ3v) is 3.61. The molecule has 1 unspecified atom stereocenters. The van der Waals surface area contributed by atoms with Crippen LogP contribution < -0.4 is 5.32 Å². The zero-order chi connectivity index (χ0) is 17.5. The number of halogens is 1. The van der Waals surface area contributed by atoms with Gasteiger partial charge in [0.25, 0.3) is 0 Å². The highest BCUT2D eigenvalue weighted by atomic mass is 35.5. The molecule has 0 bridgehead atoms. The number of nitrogens with zero attached hydrogens (tertiary/aromatic N) is 2. The second-order valence-corrected chi connectivity index (χ2v) is 5.76. The summed E-state index contributed by atoms with van der Waals surface area (Å²) in [7, 11) is 0. The lowest BCUT2D eigenvalue weighted by molar-refractivity contribution is -0.137. The molecule has 0 aliphatic rings. The average Bonchev–Trinajstić information content (AvgIpc) is 2.96. The molecule has 0 fully saturated rings. The first kappa shape index (κ1) is 17.9. The normalized spacial score (nSPS) is 11.9. The van der Waals surface area contributed by atoms with E-state index in [9.17, 15) is 9.59 Å². The van der Waals surface area contributed by atoms with Gasteiger partial charge in [-0.15, -0.1) is 0 Å². The number of hydrogen-bond acceptors (Lipinski definition) is 5. The molecule has 1 heterocycles. The topological polar surface area (TPSA) is 105 Å². The Morgan fingerprint density at radius 1 is 1.25 bits per heavy atom. The number of benzene rings is 1. The molecule has 1 atom stereocenters. The Hall–Kier alpha value is -2.41. The molecule has 0 aliphatic carbocycles. The summed E-state index contributed by atoms with van der Waals surface area (Å²) in [4.78, 5) is 26.8. The van der Waals surface area contributed by atoms with Crippen LogP contribution in [0.25, 0.3) is 0 Å². The number of unbranched alkanes of at least 4 members (excludes halogenated alkanes) is 1. The lowest BCUT2D eigenvalue weighted by atomic mass is 10.1. The van der Waals surface area contributed by atoms with Gasteiger partial charge in [0.1, 0.15) is 6.04 Å². The molecule has 0 saturated heterocycles. The summed E-state index contributed by atoms with van der Waals surface area (Å²) in [5.41, 5.74) is 0.777. The predicted molar refractivity (Wildman–Crippen MR) is 86.6 cm³/mol. The van der Waals surface area contributed by atoms with Crippen LogP contribution in [0.15, 0.2) is 28.8 Å². The maximum atomic E-state index is 12.1. The van der Waals surface area contributed by atoms with Crippen molar-refractivity contribution in [2.75, 3.05) is 0 Å². The van der Waals surface area contributed by atoms with Gasteiger partial charge in [0, 0.05) is 24.8 Å². The minimum Gasteiger partial charge on any atom is -0.481 e. The number of nitrogens with one attached hydrogen (secondary N) is 1. The van der Waals surface area contributed by atoms with Crippen molar-refractivity contribution in [2.24, 2.45) is 0 Å². The van der Waals surface area contributed by atoms with Gasteiger partial charge < -0.3 is 14.9 Å². The van der Waals surface area contributed by atoms with E-state index in [-0.39, 0.29) is 18.7 Å². The van der Waals surface area contributed by atoms with E-state index in [2.05, 4.69) is 15.5 Å². The minimum atomic E-state index is -0.864. The molecule has 0 saturated carbocycles. The Labute approximate surface area is 144 Å². The lowest BCUT2D eigenvalue weighted by Crippen LogP contribution is -2.29. The zero-order valence-electron chi connectivity index (χ0n) is 13.2. The van der Waals surface area contributed by atoms with E-state index in [0.717, 1.165) is 5.56 Å². The van der Waals surface area contributed by atoms with Crippen LogP contribution in [0.5, 0.6) is 0 Å². The summed E-state index contributed by atoms with van der Waals surface area (Å²) in [5, 5.41) is 15.9. The van der Waals surface area contributed by atoms with Crippen LogP contribution in [0.4, 0.5) is 0 Å². The SMILES string of the molecule is Cc1nc(C(NC(=O)CCCCC(=O)O)c2ccc(Cl)cc2)no1. The number of aromatic nitrogens is 2. The van der Waals surface area contributed by atoms with Crippen LogP contribution in [0.2, 0.25) is 5.02 Å². The largest absolute Gasteiger partial charge is 0.481 e. The molecule has 2 rings (SSSR count). The van der Waals surface area contributed by atoms with Crippen molar-refractivity contribution < 1.29 is 19.2 Å². The number of carbonyl (C=O) groups excluding carboxylic acids is 1. The fourth-order valence-corrected chi connectivity index (χ4v) is 2.31. The molecule has 1 aromatic carbocycles. The van der Waals surface area contributed by atoms with Gasteiger partial charge in [0.15, 0.2) is 5.82 Å². The van der Waals surface area contributed by atoms with Gasteiger partial charge in [-0.1, -0.05) is 28.9 Å². The molecule has 1 aromatic heterocycles. The van der Waals surface area contributed by atoms with Crippen LogP contribution in [-0.2, 0) is 9.59 Å². The Balaban J connectivity index is 2.05. The van der Waals surface area contributed by atoms with Crippen molar-refractivity contribution in [1.82, 2.24) is 15.5 Å². The van der Waals surface area contributed by atoms with Gasteiger partial charge >= 0.3 is 5.97 Å². The van der Waals surface area contributed by atoms with Gasteiger partial charge in [0.2, 0.25) is 11.8 Å². The van der Waals surface area contributed by atoms with Gasteiger partial charge in [-0.3, -0.25) is 9.59 Å². The smallest absolute Gasteiger partial charge is 0.303 e. The van der Waals surface area contributed by atoms with Crippen molar-refractivity contribution in [3.63, 3.8) is 0 Å². The second-order valence-electron chi connectivity index (χ2n) is 5.32. The summed E-state index contributed by atoms with van der Waals surface area (Å²) in [6.45, 7) is 1.67. The molecule has 1 amide bonds. The molecule has 24 heavy (non-hydrogen) atoms. The molecule has 2 N–H and O–H groups in total. The number of amides is 1. The van der Waals surface area contributed by atoms with E-state index in [1.165, 1.54) is 0 Å². The minimum absolute atomic E-state index is 0.0535. The first-order valence-electron chi connectivity index (χ1n) is 7.52. The van der Waals surface area contributed by atoms with Gasteiger partial charge in [0.05, 0.1) is 0 Å². The van der Waals surface area contributed by atoms with Gasteiger partial charge in [-0.2, -0.15) is 4.98 Å². The third kappa shape index (κ3) is 5.34. The monoisotopic (exact) mass is 351 g/mol. The maximum absolute atomic E-state index is 12.1. The quantitative estimate of drug-likeness (QED) is 0.708. The maximum Gasteiger partial charge on any atom is 0.303 e. The highest BCUT2D eigenvalue weighted by Crippen LogP contribution is 2.22. The van der Waals surface area contributed by atoms with Crippen LogP contribution in [0, 0.1) is 6.92 Å². The molecular formula is C16H18ClN3O4. The lowest BCUT2D eigenvalue weighted by Gasteiger charge is -2.16. The molecule has 7 nitrogen and oxygen atoms in total. The molecule has 8 heteroatoms. The van der Waals surface area contributed by atoms with Crippen molar-refractivity contribution in [1.29, 1.82) is 0 Å². The number of carbonyl (C=O) groups is 2. The molecule has 0 spiro atoms. The summed E-state index contributed by atoms with van der Waals surface area (Å²) in [6, 6.07) is 6.45. The number of aryl methyl sites for hydroxylation is 1. The average molecular weight is 352 g/mol. The van der Waals surface area contributed by atoms with E-state index in [1.54, 1.807) is 31.2 Å². The number of carboxylic acid groups (broad SMARTS) is 1. The van der Waals surface area contributed by atoms with E-state index in [0.29, 0.717) is 29.6 Å². The molecule has 0 radical (unpaired) electrons. The van der Waals surface area contributed by atoms with Crippen LogP contribution >= 0.6 is 11.6 Å². The Morgan fingerprint density at radius 3 is 2.50 bits per heavy atom. The van der Waals surface area contributed by atoms with Crippen LogP contribution in [0.1, 0.15) is 49.0 Å². The van der Waals surface area contributed by atoms with E-state index in [1.807, 2.05) is 0 Å². The van der Waals surface area contributed by atoms with Crippen LogP contribution in [0.3, 0.4) is 0 Å². The van der Waals surface area contributed by atoms with Crippen molar-refractivity contribution in [2.45, 2.75) is 38.6 Å². The van der Waals surface area contributed by atoms with Crippen molar-refractivity contribution in [3.05, 3.63) is 46.6 Å². The summed E-state index contributed by atoms with van der Waals surface area (Å²) < 4.78 is 4.99. The highest BCUT2D eigenvalue weighted by molar-refractivity contribution is 6.30. The van der Waals surface area contributed by atoms with Crippen molar-refractivity contribution in [3.8, 4) is 0 Å². The number of aliphatic carboxylic acids is 1. The Morgan fingerprint density at radius 2 is 1.92 bits per heavy atom. The van der Waals surface area contributed by atoms with E-state index >= 15 is 0 Å². The third-order valence-electron chi connectivity index (χ3n) is 3.35. The Kier molecular flexibility index (Phi) is 6.31. The predicted octanol–water partition coefficient (Wildman–Crippen LogP) is 2.88. The standard InChI is InChI=1S/C16H18ClN3O4/c1-10-18-16(20-24-10)15(11-6-8-12(17)9-7-11)19-13(21)4-2-3-5-14(22)23/h6-9,15H,2-5H2,1H3,(H,19,21)(H,22,23). The van der Waals surface area contributed by atoms with E-state index < -0.39 is 12.0 Å². The van der Waals surface area contributed by atoms with E-state index in [4.69, 9.17) is 21.2 Å². The summed E-state index contributed by atoms with van der Waals surface area (Å²) in [6.07, 6.45) is 1.23. The number of carboxylic acids is 1. The van der Waals surface area contributed by atoms with Crippen molar-refractivity contribution >= 4 is 23.5 Å². The number of rotatable bonds is 8. The highest BCUT2D eigenvalue weighted by Gasteiger charge is 2.21.